The molecule has 1 heterocycles. The highest BCUT2D eigenvalue weighted by Gasteiger charge is 2.20. The summed E-state index contributed by atoms with van der Waals surface area (Å²) in [6.07, 6.45) is -0.362. The van der Waals surface area contributed by atoms with Gasteiger partial charge in [0.2, 0.25) is 0 Å². The van der Waals surface area contributed by atoms with Crippen LogP contribution >= 0.6 is 35.0 Å². The molecule has 0 bridgehead atoms. The fraction of sp³-hybridized carbons (Fsp3) is 0.250. The average molecular weight is 452 g/mol. The second-order valence-corrected chi connectivity index (χ2v) is 7.93. The van der Waals surface area contributed by atoms with E-state index in [4.69, 9.17) is 32.7 Å². The lowest BCUT2D eigenvalue weighted by atomic mass is 10.1. The SMILES string of the molecule is COc1ccccc1OC(C)c1nnc(SCC(=O)c2ccc(Cl)cc2Cl)n1C. The molecule has 0 saturated heterocycles. The highest BCUT2D eigenvalue weighted by atomic mass is 35.5. The maximum Gasteiger partial charge on any atom is 0.191 e. The van der Waals surface area contributed by atoms with E-state index in [0.29, 0.717) is 38.1 Å². The average Bonchev–Trinajstić information content (AvgIpc) is 3.07. The van der Waals surface area contributed by atoms with E-state index in [2.05, 4.69) is 10.2 Å². The van der Waals surface area contributed by atoms with E-state index in [0.717, 1.165) is 0 Å². The predicted octanol–water partition coefficient (Wildman–Crippen LogP) is 5.25. The Labute approximate surface area is 183 Å². The molecular formula is C20H19Cl2N3O3S. The molecule has 2 aromatic carbocycles. The van der Waals surface area contributed by atoms with Crippen molar-refractivity contribution < 1.29 is 14.3 Å². The number of ketones is 1. The Kier molecular flexibility index (Phi) is 7.05. The van der Waals surface area contributed by atoms with Gasteiger partial charge in [-0.1, -0.05) is 47.1 Å². The van der Waals surface area contributed by atoms with Crippen LogP contribution in [0.2, 0.25) is 10.0 Å². The number of carbonyl (C=O) groups excluding carboxylic acids is 1. The summed E-state index contributed by atoms with van der Waals surface area (Å²) in [6.45, 7) is 1.88. The van der Waals surface area contributed by atoms with Crippen molar-refractivity contribution in [1.82, 2.24) is 14.8 Å². The van der Waals surface area contributed by atoms with E-state index in [1.165, 1.54) is 11.8 Å². The number of rotatable bonds is 8. The van der Waals surface area contributed by atoms with Crippen LogP contribution in [0.3, 0.4) is 0 Å². The first-order valence-electron chi connectivity index (χ1n) is 8.70. The zero-order valence-electron chi connectivity index (χ0n) is 16.1. The second kappa shape index (κ2) is 9.52. The van der Waals surface area contributed by atoms with Crippen molar-refractivity contribution in [3.8, 4) is 11.5 Å². The normalized spacial score (nSPS) is 11.9. The van der Waals surface area contributed by atoms with Crippen LogP contribution in [0.5, 0.6) is 11.5 Å². The summed E-state index contributed by atoms with van der Waals surface area (Å²) in [5, 5.41) is 9.83. The Bertz CT molecular complexity index is 1030. The molecule has 3 aromatic rings. The summed E-state index contributed by atoms with van der Waals surface area (Å²) >= 11 is 13.3. The minimum absolute atomic E-state index is 0.112. The van der Waals surface area contributed by atoms with Crippen LogP contribution < -0.4 is 9.47 Å². The van der Waals surface area contributed by atoms with E-state index in [9.17, 15) is 4.79 Å². The molecule has 0 aliphatic heterocycles. The molecule has 0 aliphatic carbocycles. The number of hydrogen-bond acceptors (Lipinski definition) is 6. The van der Waals surface area contributed by atoms with Gasteiger partial charge in [-0.25, -0.2) is 0 Å². The van der Waals surface area contributed by atoms with Gasteiger partial charge in [-0.3, -0.25) is 4.79 Å². The van der Waals surface area contributed by atoms with Gasteiger partial charge in [-0.2, -0.15) is 0 Å². The summed E-state index contributed by atoms with van der Waals surface area (Å²) < 4.78 is 13.1. The van der Waals surface area contributed by atoms with Crippen molar-refractivity contribution >= 4 is 40.7 Å². The highest BCUT2D eigenvalue weighted by molar-refractivity contribution is 7.99. The third-order valence-corrected chi connectivity index (χ3v) is 5.74. The number of thioether (sulfide) groups is 1. The van der Waals surface area contributed by atoms with E-state index in [1.54, 1.807) is 25.3 Å². The van der Waals surface area contributed by atoms with Gasteiger partial charge in [0.1, 0.15) is 0 Å². The van der Waals surface area contributed by atoms with Crippen LogP contribution in [0.15, 0.2) is 47.6 Å². The predicted molar refractivity (Wildman–Crippen MR) is 115 cm³/mol. The van der Waals surface area contributed by atoms with Crippen LogP contribution in [0.1, 0.15) is 29.2 Å². The van der Waals surface area contributed by atoms with Gasteiger partial charge in [0, 0.05) is 17.6 Å². The molecule has 0 aliphatic rings. The number of carbonyl (C=O) groups is 1. The molecule has 1 unspecified atom stereocenters. The van der Waals surface area contributed by atoms with Gasteiger partial charge in [0.05, 0.1) is 17.9 Å². The number of benzene rings is 2. The Morgan fingerprint density at radius 3 is 2.59 bits per heavy atom. The van der Waals surface area contributed by atoms with Gasteiger partial charge in [-0.05, 0) is 37.3 Å². The molecule has 1 atom stereocenters. The van der Waals surface area contributed by atoms with Crippen molar-refractivity contribution in [2.75, 3.05) is 12.9 Å². The molecule has 1 aromatic heterocycles. The molecule has 0 N–H and O–H groups in total. The number of hydrogen-bond donors (Lipinski definition) is 0. The van der Waals surface area contributed by atoms with Crippen LogP contribution in [-0.4, -0.2) is 33.4 Å². The molecule has 9 heteroatoms. The fourth-order valence-corrected chi connectivity index (χ4v) is 4.00. The Balaban J connectivity index is 1.68. The molecule has 0 spiro atoms. The van der Waals surface area contributed by atoms with E-state index in [-0.39, 0.29) is 17.6 Å². The van der Waals surface area contributed by atoms with Gasteiger partial charge in [-0.15, -0.1) is 10.2 Å². The number of para-hydroxylation sites is 2. The lowest BCUT2D eigenvalue weighted by Gasteiger charge is -2.16. The second-order valence-electron chi connectivity index (χ2n) is 6.15. The summed E-state index contributed by atoms with van der Waals surface area (Å²) in [6, 6.07) is 12.2. The largest absolute Gasteiger partial charge is 0.493 e. The minimum Gasteiger partial charge on any atom is -0.493 e. The summed E-state index contributed by atoms with van der Waals surface area (Å²) in [5.74, 6) is 1.96. The minimum atomic E-state index is -0.362. The zero-order chi connectivity index (χ0) is 21.0. The van der Waals surface area contributed by atoms with Crippen LogP contribution in [-0.2, 0) is 7.05 Å². The molecule has 3 rings (SSSR count). The maximum absolute atomic E-state index is 12.5. The summed E-state index contributed by atoms with van der Waals surface area (Å²) in [7, 11) is 3.42. The van der Waals surface area contributed by atoms with Crippen molar-refractivity contribution in [2.24, 2.45) is 7.05 Å². The number of methoxy groups -OCH3 is 1. The van der Waals surface area contributed by atoms with Gasteiger partial charge in [0.25, 0.3) is 0 Å². The van der Waals surface area contributed by atoms with E-state index in [1.807, 2.05) is 42.8 Å². The quantitative estimate of drug-likeness (QED) is 0.344. The molecule has 0 saturated carbocycles. The van der Waals surface area contributed by atoms with Crippen molar-refractivity contribution in [3.05, 3.63) is 63.9 Å². The third-order valence-electron chi connectivity index (χ3n) is 4.17. The van der Waals surface area contributed by atoms with Crippen molar-refractivity contribution in [1.29, 1.82) is 0 Å². The highest BCUT2D eigenvalue weighted by Crippen LogP contribution is 2.31. The number of ether oxygens (including phenoxy) is 2. The summed E-state index contributed by atoms with van der Waals surface area (Å²) in [4.78, 5) is 12.5. The van der Waals surface area contributed by atoms with E-state index >= 15 is 0 Å². The maximum atomic E-state index is 12.5. The third kappa shape index (κ3) is 5.04. The summed E-state index contributed by atoms with van der Waals surface area (Å²) in [5.41, 5.74) is 0.429. The van der Waals surface area contributed by atoms with Gasteiger partial charge >= 0.3 is 0 Å². The first kappa shape index (κ1) is 21.5. The Hall–Kier alpha value is -2.22. The molecule has 0 amide bonds. The van der Waals surface area contributed by atoms with Crippen molar-refractivity contribution in [2.45, 2.75) is 18.2 Å². The zero-order valence-corrected chi connectivity index (χ0v) is 18.4. The standard InChI is InChI=1S/C20H19Cl2N3O3S/c1-12(28-18-7-5-4-6-17(18)27-3)19-23-24-20(25(19)2)29-11-16(26)14-9-8-13(21)10-15(14)22/h4-10,12H,11H2,1-3H3. The Morgan fingerprint density at radius 2 is 1.90 bits per heavy atom. The van der Waals surface area contributed by atoms with Gasteiger partial charge in [0.15, 0.2) is 34.4 Å². The molecule has 6 nitrogen and oxygen atoms in total. The first-order valence-corrected chi connectivity index (χ1v) is 10.4. The molecular weight excluding hydrogens is 433 g/mol. The first-order chi connectivity index (χ1) is 13.9. The number of halogens is 2. The topological polar surface area (TPSA) is 66.2 Å². The molecule has 29 heavy (non-hydrogen) atoms. The monoisotopic (exact) mass is 451 g/mol. The van der Waals surface area contributed by atoms with Crippen LogP contribution in [0.4, 0.5) is 0 Å². The molecule has 0 fully saturated rings. The smallest absolute Gasteiger partial charge is 0.191 e. The number of Topliss-reactive ketones (excluding diaryl/α,β-unsaturated/α-hetero) is 1. The lowest BCUT2D eigenvalue weighted by molar-refractivity contribution is 0.102. The van der Waals surface area contributed by atoms with Gasteiger partial charge < -0.3 is 14.0 Å². The van der Waals surface area contributed by atoms with E-state index < -0.39 is 0 Å². The number of nitrogens with zero attached hydrogens (tertiary/aromatic N) is 3. The Morgan fingerprint density at radius 1 is 1.17 bits per heavy atom. The molecule has 152 valence electrons. The fourth-order valence-electron chi connectivity index (χ4n) is 2.69. The molecule has 0 radical (unpaired) electrons. The number of aromatic nitrogens is 3. The lowest BCUT2D eigenvalue weighted by Crippen LogP contribution is -2.11. The van der Waals surface area contributed by atoms with Crippen LogP contribution in [0.25, 0.3) is 0 Å². The van der Waals surface area contributed by atoms with Crippen molar-refractivity contribution in [3.63, 3.8) is 0 Å². The van der Waals surface area contributed by atoms with Crippen LogP contribution in [0, 0.1) is 0 Å².